The summed E-state index contributed by atoms with van der Waals surface area (Å²) >= 11 is 0. The Labute approximate surface area is 224 Å². The van der Waals surface area contributed by atoms with Crippen LogP contribution >= 0.6 is 0 Å². The third-order valence-electron chi connectivity index (χ3n) is 7.72. The molecule has 14 heteroatoms. The van der Waals surface area contributed by atoms with E-state index >= 15 is 0 Å². The number of hydrogen-bond acceptors (Lipinski definition) is 9. The molecule has 39 heavy (non-hydrogen) atoms. The third-order valence-corrected chi connectivity index (χ3v) is 9.49. The lowest BCUT2D eigenvalue weighted by Gasteiger charge is -2.40. The summed E-state index contributed by atoms with van der Waals surface area (Å²) in [4.78, 5) is 14.0. The highest BCUT2D eigenvalue weighted by atomic mass is 32.2. The summed E-state index contributed by atoms with van der Waals surface area (Å²) in [6.07, 6.45) is -0.585. The van der Waals surface area contributed by atoms with Gasteiger partial charge in [0.15, 0.2) is 15.5 Å². The molecule has 5 heterocycles. The van der Waals surface area contributed by atoms with Gasteiger partial charge in [0, 0.05) is 38.3 Å². The van der Waals surface area contributed by atoms with Gasteiger partial charge in [-0.1, -0.05) is 6.07 Å². The Bertz CT molecular complexity index is 1450. The Balaban J connectivity index is 1.35. The maximum Gasteiger partial charge on any atom is 0.416 e. The van der Waals surface area contributed by atoms with Gasteiger partial charge in [0.1, 0.15) is 5.82 Å². The number of alkyl halides is 3. The van der Waals surface area contributed by atoms with Crippen LogP contribution in [0.2, 0.25) is 0 Å². The highest BCUT2D eigenvalue weighted by molar-refractivity contribution is 7.91. The first-order valence-electron chi connectivity index (χ1n) is 13.1. The number of morpholine rings is 1. The largest absolute Gasteiger partial charge is 0.416 e. The van der Waals surface area contributed by atoms with E-state index in [1.165, 1.54) is 10.7 Å². The molecule has 2 aromatic heterocycles. The van der Waals surface area contributed by atoms with Crippen LogP contribution in [-0.2, 0) is 20.8 Å². The highest BCUT2D eigenvalue weighted by Crippen LogP contribution is 2.33. The Morgan fingerprint density at radius 1 is 1.03 bits per heavy atom. The second kappa shape index (κ2) is 10.2. The van der Waals surface area contributed by atoms with Crippen LogP contribution < -0.4 is 10.2 Å². The zero-order valence-electron chi connectivity index (χ0n) is 21.3. The van der Waals surface area contributed by atoms with Crippen molar-refractivity contribution >= 4 is 32.6 Å². The first-order chi connectivity index (χ1) is 18.7. The van der Waals surface area contributed by atoms with Crippen LogP contribution in [0.5, 0.6) is 0 Å². The summed E-state index contributed by atoms with van der Waals surface area (Å²) in [5.74, 6) is 0.962. The predicted octanol–water partition coefficient (Wildman–Crippen LogP) is 2.73. The number of benzene rings is 1. The minimum absolute atomic E-state index is 0.0123. The van der Waals surface area contributed by atoms with Gasteiger partial charge in [-0.2, -0.15) is 28.2 Å². The van der Waals surface area contributed by atoms with Crippen LogP contribution in [0.1, 0.15) is 24.8 Å². The van der Waals surface area contributed by atoms with Crippen molar-refractivity contribution in [3.63, 3.8) is 0 Å². The highest BCUT2D eigenvalue weighted by Gasteiger charge is 2.32. The van der Waals surface area contributed by atoms with E-state index in [-0.39, 0.29) is 29.2 Å². The number of fused-ring (bicyclic) bond motifs is 1. The number of ether oxygens (including phenoxy) is 1. The van der Waals surface area contributed by atoms with Crippen molar-refractivity contribution in [2.45, 2.75) is 37.5 Å². The molecule has 3 aliphatic heterocycles. The van der Waals surface area contributed by atoms with E-state index in [1.54, 1.807) is 12.3 Å². The summed E-state index contributed by atoms with van der Waals surface area (Å²) in [5.41, 5.74) is -0.194. The fourth-order valence-corrected chi connectivity index (χ4v) is 7.35. The molecule has 0 unspecified atom stereocenters. The number of nitrogens with one attached hydrogen (secondary N) is 1. The van der Waals surface area contributed by atoms with Gasteiger partial charge >= 0.3 is 6.18 Å². The van der Waals surface area contributed by atoms with Crippen molar-refractivity contribution in [1.82, 2.24) is 24.6 Å². The minimum atomic E-state index is -4.50. The number of piperidine rings is 1. The van der Waals surface area contributed by atoms with Gasteiger partial charge in [0.25, 0.3) is 0 Å². The second-order valence-corrected chi connectivity index (χ2v) is 12.6. The Morgan fingerprint density at radius 2 is 1.79 bits per heavy atom. The molecule has 1 N–H and O–H groups in total. The van der Waals surface area contributed by atoms with Crippen LogP contribution in [0.25, 0.3) is 16.7 Å². The summed E-state index contributed by atoms with van der Waals surface area (Å²) in [6.45, 7) is 4.83. The fraction of sp³-hybridized carbons (Fsp3) is 0.560. The van der Waals surface area contributed by atoms with Crippen LogP contribution in [0.15, 0.2) is 30.5 Å². The third kappa shape index (κ3) is 5.54. The average molecular weight is 566 g/mol. The van der Waals surface area contributed by atoms with Gasteiger partial charge in [-0.25, -0.2) is 13.1 Å². The lowest BCUT2D eigenvalue weighted by atomic mass is 10.0. The van der Waals surface area contributed by atoms with Gasteiger partial charge in [-0.15, -0.1) is 0 Å². The number of aromatic nitrogens is 4. The summed E-state index contributed by atoms with van der Waals surface area (Å²) in [7, 11) is -3.13. The van der Waals surface area contributed by atoms with Crippen molar-refractivity contribution in [1.29, 1.82) is 0 Å². The molecule has 6 rings (SSSR count). The summed E-state index contributed by atoms with van der Waals surface area (Å²) < 4.78 is 71.2. The van der Waals surface area contributed by atoms with Crippen molar-refractivity contribution in [3.05, 3.63) is 36.0 Å². The molecular weight excluding hydrogens is 535 g/mol. The molecule has 3 aliphatic rings. The van der Waals surface area contributed by atoms with E-state index in [0.717, 1.165) is 64.4 Å². The van der Waals surface area contributed by atoms with Crippen molar-refractivity contribution < 1.29 is 26.3 Å². The number of hydrogen-bond donors (Lipinski definition) is 1. The van der Waals surface area contributed by atoms with E-state index in [1.807, 2.05) is 0 Å². The minimum Gasteiger partial charge on any atom is -0.379 e. The number of sulfone groups is 1. The van der Waals surface area contributed by atoms with Gasteiger partial charge in [-0.05, 0) is 37.5 Å². The molecule has 0 spiro atoms. The fourth-order valence-electron chi connectivity index (χ4n) is 5.68. The van der Waals surface area contributed by atoms with E-state index in [4.69, 9.17) is 9.72 Å². The topological polar surface area (TPSA) is 105 Å². The first kappa shape index (κ1) is 26.3. The molecule has 0 amide bonds. The van der Waals surface area contributed by atoms with Gasteiger partial charge in [0.05, 0.1) is 47.6 Å². The van der Waals surface area contributed by atoms with E-state index in [2.05, 4.69) is 25.2 Å². The van der Waals surface area contributed by atoms with Crippen molar-refractivity contribution in [3.8, 4) is 5.69 Å². The average Bonchev–Trinajstić information content (AvgIpc) is 3.51. The van der Waals surface area contributed by atoms with Crippen LogP contribution in [0, 0.1) is 0 Å². The van der Waals surface area contributed by atoms with Gasteiger partial charge in [-0.3, -0.25) is 4.90 Å². The van der Waals surface area contributed by atoms with Crippen molar-refractivity contribution in [2.75, 3.05) is 61.1 Å². The Morgan fingerprint density at radius 3 is 2.49 bits per heavy atom. The lowest BCUT2D eigenvalue weighted by molar-refractivity contribution is -0.137. The van der Waals surface area contributed by atoms with Crippen LogP contribution in [0.3, 0.4) is 0 Å². The Hall–Kier alpha value is -2.97. The molecule has 10 nitrogen and oxygen atoms in total. The molecule has 0 aliphatic carbocycles. The Kier molecular flexibility index (Phi) is 6.88. The quantitative estimate of drug-likeness (QED) is 0.500. The molecule has 1 atom stereocenters. The molecule has 3 fully saturated rings. The van der Waals surface area contributed by atoms with E-state index < -0.39 is 21.6 Å². The molecule has 210 valence electrons. The molecule has 0 radical (unpaired) electrons. The molecular formula is C25H30F3N7O3S. The van der Waals surface area contributed by atoms with E-state index in [9.17, 15) is 21.6 Å². The zero-order chi connectivity index (χ0) is 27.2. The smallest absolute Gasteiger partial charge is 0.379 e. The first-order valence-corrected chi connectivity index (χ1v) is 15.0. The summed E-state index contributed by atoms with van der Waals surface area (Å²) in [5, 5.41) is 8.19. The number of nitrogens with zero attached hydrogens (tertiary/aromatic N) is 6. The summed E-state index contributed by atoms with van der Waals surface area (Å²) in [6, 6.07) is 5.06. The number of anilines is 2. The van der Waals surface area contributed by atoms with Crippen molar-refractivity contribution in [2.24, 2.45) is 0 Å². The van der Waals surface area contributed by atoms with E-state index in [0.29, 0.717) is 29.3 Å². The molecule has 1 aromatic carbocycles. The molecule has 0 saturated carbocycles. The number of halogens is 3. The normalized spacial score (nSPS) is 22.9. The van der Waals surface area contributed by atoms with Gasteiger partial charge < -0.3 is 15.0 Å². The maximum atomic E-state index is 13.4. The SMILES string of the molecule is O=S1(=O)CC[C@H](Nc2nc(N3CCC(N4CCOCC4)CC3)c3cnn(-c4cccc(C(F)(F)F)c4)c3n2)C1. The standard InChI is InChI=1S/C25H30F3N7O3S/c26-25(27,28)17-2-1-3-20(14-17)35-23-21(15-29-35)22(31-24(32-23)30-18-6-13-39(36,37)16-18)34-7-4-19(5-8-34)33-9-11-38-12-10-33/h1-3,14-15,18-19H,4-13,16H2,(H,30,31,32)/t18-/m0/s1. The molecule has 3 aromatic rings. The maximum absolute atomic E-state index is 13.4. The zero-order valence-corrected chi connectivity index (χ0v) is 22.1. The monoisotopic (exact) mass is 565 g/mol. The number of rotatable bonds is 5. The molecule has 3 saturated heterocycles. The second-order valence-electron chi connectivity index (χ2n) is 10.3. The predicted molar refractivity (Wildman–Crippen MR) is 140 cm³/mol. The van der Waals surface area contributed by atoms with Gasteiger partial charge in [0.2, 0.25) is 5.95 Å². The van der Waals surface area contributed by atoms with Crippen LogP contribution in [0.4, 0.5) is 24.9 Å². The molecule has 0 bridgehead atoms. The lowest BCUT2D eigenvalue weighted by Crippen LogP contribution is -2.49. The van der Waals surface area contributed by atoms with Crippen LogP contribution in [-0.4, -0.2) is 96.0 Å².